The summed E-state index contributed by atoms with van der Waals surface area (Å²) in [6.07, 6.45) is 2.91. The second-order valence-corrected chi connectivity index (χ2v) is 9.49. The lowest BCUT2D eigenvalue weighted by Crippen LogP contribution is -2.08. The molecule has 3 rings (SSSR count). The van der Waals surface area contributed by atoms with Crippen molar-refractivity contribution in [3.8, 4) is 6.07 Å². The summed E-state index contributed by atoms with van der Waals surface area (Å²) in [5.41, 5.74) is 0.111. The predicted octanol–water partition coefficient (Wildman–Crippen LogP) is 3.97. The van der Waals surface area contributed by atoms with E-state index in [0.717, 1.165) is 18.5 Å². The van der Waals surface area contributed by atoms with Crippen molar-refractivity contribution in [1.82, 2.24) is 4.98 Å². The molecule has 2 aromatic carbocycles. The van der Waals surface area contributed by atoms with Gasteiger partial charge in [0.15, 0.2) is 17.7 Å². The van der Waals surface area contributed by atoms with E-state index in [0.29, 0.717) is 0 Å². The van der Waals surface area contributed by atoms with Gasteiger partial charge >= 0.3 is 20.2 Å². The van der Waals surface area contributed by atoms with E-state index in [9.17, 15) is 16.8 Å². The Balaban J connectivity index is 1.89. The summed E-state index contributed by atoms with van der Waals surface area (Å²) in [5.74, 6) is -0.632. The van der Waals surface area contributed by atoms with Crippen LogP contribution in [-0.4, -0.2) is 21.8 Å². The Labute approximate surface area is 196 Å². The van der Waals surface area contributed by atoms with Crippen molar-refractivity contribution < 1.29 is 25.2 Å². The topological polar surface area (TPSA) is 128 Å². The summed E-state index contributed by atoms with van der Waals surface area (Å²) in [6, 6.07) is 19.1. The first kappa shape index (κ1) is 24.2. The summed E-state index contributed by atoms with van der Waals surface area (Å²) < 4.78 is 60.3. The van der Waals surface area contributed by atoms with Gasteiger partial charge in [0.05, 0.1) is 24.4 Å². The van der Waals surface area contributed by atoms with Crippen LogP contribution in [0.4, 0.5) is 0 Å². The Bertz CT molecular complexity index is 1400. The fourth-order valence-electron chi connectivity index (χ4n) is 2.60. The van der Waals surface area contributed by atoms with Gasteiger partial charge in [0, 0.05) is 11.8 Å². The number of nitrogens with zero attached hydrogens (tertiary/aromatic N) is 3. The van der Waals surface area contributed by atoms with E-state index in [-0.39, 0.29) is 32.6 Å². The van der Waals surface area contributed by atoms with Crippen LogP contribution >= 0.6 is 0 Å². The standard InChI is InChI=1S/C23H15N3O6S2/c1-25-17-23(32-34(29,30)20-10-6-3-7-11-20)21-13-12-18(16-26-21)22(14-15-24)31-33(27,28)19-8-4-2-5-9-19/h2-14,16-17H. The first-order valence-corrected chi connectivity index (χ1v) is 12.2. The quantitative estimate of drug-likeness (QED) is 0.200. The lowest BCUT2D eigenvalue weighted by Gasteiger charge is -2.12. The molecule has 34 heavy (non-hydrogen) atoms. The summed E-state index contributed by atoms with van der Waals surface area (Å²) >= 11 is 0. The van der Waals surface area contributed by atoms with Crippen LogP contribution in [0.3, 0.4) is 0 Å². The molecule has 0 unspecified atom stereocenters. The molecule has 0 aliphatic heterocycles. The number of pyridine rings is 1. The maximum Gasteiger partial charge on any atom is 0.339 e. The Morgan fingerprint density at radius 2 is 1.38 bits per heavy atom. The number of aromatic nitrogens is 1. The van der Waals surface area contributed by atoms with Gasteiger partial charge in [-0.2, -0.15) is 22.1 Å². The average molecular weight is 494 g/mol. The summed E-state index contributed by atoms with van der Waals surface area (Å²) in [6.45, 7) is 7.05. The van der Waals surface area contributed by atoms with Crippen molar-refractivity contribution in [3.63, 3.8) is 0 Å². The van der Waals surface area contributed by atoms with Crippen molar-refractivity contribution in [1.29, 1.82) is 5.26 Å². The lowest BCUT2D eigenvalue weighted by molar-refractivity contribution is 0.459. The van der Waals surface area contributed by atoms with Crippen molar-refractivity contribution in [2.24, 2.45) is 0 Å². The van der Waals surface area contributed by atoms with Crippen molar-refractivity contribution in [2.45, 2.75) is 9.79 Å². The van der Waals surface area contributed by atoms with Crippen molar-refractivity contribution >= 4 is 31.8 Å². The number of hydrogen-bond acceptors (Lipinski definition) is 8. The van der Waals surface area contributed by atoms with Crippen LogP contribution in [0.2, 0.25) is 0 Å². The van der Waals surface area contributed by atoms with E-state index in [1.54, 1.807) is 18.2 Å². The van der Waals surface area contributed by atoms with Gasteiger partial charge < -0.3 is 8.37 Å². The minimum atomic E-state index is -4.23. The first-order valence-electron chi connectivity index (χ1n) is 9.39. The third-order valence-corrected chi connectivity index (χ3v) is 6.64. The molecule has 1 heterocycles. The molecule has 11 heteroatoms. The van der Waals surface area contributed by atoms with Crippen LogP contribution in [0, 0.1) is 17.9 Å². The molecule has 0 bridgehead atoms. The first-order chi connectivity index (χ1) is 16.3. The smallest absolute Gasteiger partial charge is 0.339 e. The maximum absolute atomic E-state index is 12.5. The van der Waals surface area contributed by atoms with Crippen molar-refractivity contribution in [2.75, 3.05) is 0 Å². The average Bonchev–Trinajstić information content (AvgIpc) is 2.84. The van der Waals surface area contributed by atoms with Crippen LogP contribution in [0.1, 0.15) is 11.3 Å². The molecule has 0 spiro atoms. The molecular weight excluding hydrogens is 478 g/mol. The number of hydrogen-bond donors (Lipinski definition) is 0. The summed E-state index contributed by atoms with van der Waals surface area (Å²) in [5, 5.41) is 9.06. The molecular formula is C23H15N3O6S2. The molecule has 170 valence electrons. The fraction of sp³-hybridized carbons (Fsp3) is 0. The highest BCUT2D eigenvalue weighted by Crippen LogP contribution is 2.25. The van der Waals surface area contributed by atoms with Gasteiger partial charge in [0.25, 0.3) is 0 Å². The molecule has 1 aromatic heterocycles. The van der Waals surface area contributed by atoms with Gasteiger partial charge in [-0.1, -0.05) is 36.4 Å². The SMILES string of the molecule is [C-]#[N+]C=C(OS(=O)(=O)c1ccccc1)c1ccc(C(=CC#N)OS(=O)(=O)c2ccccc2)cn1. The Morgan fingerprint density at radius 3 is 1.82 bits per heavy atom. The Hall–Kier alpha value is -4.45. The molecule has 9 nitrogen and oxygen atoms in total. The number of rotatable bonds is 8. The highest BCUT2D eigenvalue weighted by Gasteiger charge is 2.21. The van der Waals surface area contributed by atoms with Crippen molar-refractivity contribution in [3.05, 3.63) is 114 Å². The third kappa shape index (κ3) is 5.86. The van der Waals surface area contributed by atoms with Crippen LogP contribution < -0.4 is 0 Å². The van der Waals surface area contributed by atoms with Gasteiger partial charge in [-0.3, -0.25) is 4.98 Å². The fourth-order valence-corrected chi connectivity index (χ4v) is 4.51. The van der Waals surface area contributed by atoms with E-state index in [2.05, 4.69) is 9.83 Å². The molecule has 0 aliphatic carbocycles. The van der Waals surface area contributed by atoms with E-state index < -0.39 is 20.2 Å². The number of benzene rings is 2. The van der Waals surface area contributed by atoms with Crippen LogP contribution in [-0.2, 0) is 28.6 Å². The lowest BCUT2D eigenvalue weighted by atomic mass is 10.2. The summed E-state index contributed by atoms with van der Waals surface area (Å²) in [7, 11) is -8.45. The summed E-state index contributed by atoms with van der Waals surface area (Å²) in [4.78, 5) is 6.90. The zero-order valence-electron chi connectivity index (χ0n) is 17.3. The van der Waals surface area contributed by atoms with Gasteiger partial charge in [0.2, 0.25) is 0 Å². The van der Waals surface area contributed by atoms with Gasteiger partial charge in [0.1, 0.15) is 9.79 Å². The molecule has 0 atom stereocenters. The third-order valence-electron chi connectivity index (χ3n) is 4.14. The highest BCUT2D eigenvalue weighted by molar-refractivity contribution is 7.87. The largest absolute Gasteiger partial charge is 0.389 e. The van der Waals surface area contributed by atoms with Crippen LogP contribution in [0.25, 0.3) is 16.4 Å². The van der Waals surface area contributed by atoms with E-state index in [4.69, 9.17) is 20.2 Å². The molecule has 0 fully saturated rings. The predicted molar refractivity (Wildman–Crippen MR) is 122 cm³/mol. The molecule has 0 saturated carbocycles. The van der Waals surface area contributed by atoms with E-state index >= 15 is 0 Å². The van der Waals surface area contributed by atoms with Crippen LogP contribution in [0.15, 0.2) is 101 Å². The second kappa shape index (κ2) is 10.4. The normalized spacial score (nSPS) is 12.3. The van der Waals surface area contributed by atoms with Crippen LogP contribution in [0.5, 0.6) is 0 Å². The highest BCUT2D eigenvalue weighted by atomic mass is 32.2. The zero-order chi connectivity index (χ0) is 24.6. The molecule has 0 saturated heterocycles. The van der Waals surface area contributed by atoms with Gasteiger partial charge in [-0.15, -0.1) is 0 Å². The van der Waals surface area contributed by atoms with E-state index in [1.165, 1.54) is 60.7 Å². The number of allylic oxidation sites excluding steroid dienone is 1. The monoisotopic (exact) mass is 493 g/mol. The molecule has 0 amide bonds. The Morgan fingerprint density at radius 1 is 0.853 bits per heavy atom. The zero-order valence-corrected chi connectivity index (χ0v) is 18.9. The molecule has 0 N–H and O–H groups in total. The van der Waals surface area contributed by atoms with Gasteiger partial charge in [-0.25, -0.2) is 4.85 Å². The maximum atomic E-state index is 12.5. The number of nitriles is 1. The molecule has 3 aromatic rings. The molecule has 0 aliphatic rings. The Kier molecular flexibility index (Phi) is 7.43. The molecule has 0 radical (unpaired) electrons. The minimum absolute atomic E-state index is 0.0125. The van der Waals surface area contributed by atoms with E-state index in [1.807, 2.05) is 0 Å². The van der Waals surface area contributed by atoms with Gasteiger partial charge in [-0.05, 0) is 36.4 Å². The second-order valence-electron chi connectivity index (χ2n) is 6.39. The minimum Gasteiger partial charge on any atom is -0.389 e.